The quantitative estimate of drug-likeness (QED) is 0.706. The van der Waals surface area contributed by atoms with Crippen molar-refractivity contribution in [3.63, 3.8) is 0 Å². The fourth-order valence-corrected chi connectivity index (χ4v) is 1.96. The smallest absolute Gasteiger partial charge is 0.221 e. The van der Waals surface area contributed by atoms with Gasteiger partial charge in [0.1, 0.15) is 12.1 Å². The van der Waals surface area contributed by atoms with Crippen molar-refractivity contribution in [1.29, 1.82) is 0 Å². The molecule has 1 unspecified atom stereocenters. The number of carbonyl (C=O) groups excluding carboxylic acids is 1. The van der Waals surface area contributed by atoms with E-state index in [1.165, 1.54) is 6.33 Å². The van der Waals surface area contributed by atoms with E-state index in [2.05, 4.69) is 20.6 Å². The van der Waals surface area contributed by atoms with Crippen LogP contribution in [0.3, 0.4) is 0 Å². The summed E-state index contributed by atoms with van der Waals surface area (Å²) in [5, 5.41) is 6.96. The number of hydrogen-bond acceptors (Lipinski definition) is 5. The van der Waals surface area contributed by atoms with E-state index in [-0.39, 0.29) is 11.9 Å². The number of nitrogens with one attached hydrogen (secondary N) is 2. The van der Waals surface area contributed by atoms with Gasteiger partial charge in [-0.2, -0.15) is 0 Å². The van der Waals surface area contributed by atoms with Crippen molar-refractivity contribution in [2.45, 2.75) is 32.7 Å². The zero-order valence-corrected chi connectivity index (χ0v) is 12.4. The summed E-state index contributed by atoms with van der Waals surface area (Å²) in [4.78, 5) is 20.1. The normalized spacial score (nSPS) is 12.1. The number of fused-ring (bicyclic) bond motifs is 1. The van der Waals surface area contributed by atoms with Gasteiger partial charge in [0, 0.05) is 30.1 Å². The zero-order chi connectivity index (χ0) is 15.2. The van der Waals surface area contributed by atoms with Crippen LogP contribution in [0, 0.1) is 0 Å². The summed E-state index contributed by atoms with van der Waals surface area (Å²) in [6.45, 7) is 4.55. The van der Waals surface area contributed by atoms with Crippen molar-refractivity contribution in [2.75, 3.05) is 17.6 Å². The Balaban J connectivity index is 1.97. The van der Waals surface area contributed by atoms with Crippen molar-refractivity contribution >= 4 is 28.3 Å². The van der Waals surface area contributed by atoms with Crippen molar-refractivity contribution < 1.29 is 4.79 Å². The van der Waals surface area contributed by atoms with Gasteiger partial charge >= 0.3 is 0 Å². The molecule has 0 spiro atoms. The van der Waals surface area contributed by atoms with Crippen molar-refractivity contribution in [1.82, 2.24) is 15.3 Å². The van der Waals surface area contributed by atoms with Gasteiger partial charge in [-0.1, -0.05) is 6.92 Å². The molecular weight excluding hydrogens is 266 g/mol. The Labute approximate surface area is 124 Å². The highest BCUT2D eigenvalue weighted by molar-refractivity contribution is 5.91. The number of rotatable bonds is 6. The molecule has 112 valence electrons. The van der Waals surface area contributed by atoms with E-state index in [9.17, 15) is 4.79 Å². The Kier molecular flexibility index (Phi) is 4.92. The Hall–Kier alpha value is -2.37. The predicted molar refractivity (Wildman–Crippen MR) is 85.0 cm³/mol. The SMILES string of the molecule is CCC(C)NC(=O)CCNc1ncnc2ccc(N)cc12. The number of carbonyl (C=O) groups is 1. The standard InChI is InChI=1S/C15H21N5O/c1-3-10(2)20-14(21)6-7-17-15-12-8-11(16)4-5-13(12)18-9-19-15/h4-5,8-10H,3,6-7,16H2,1-2H3,(H,20,21)(H,17,18,19). The lowest BCUT2D eigenvalue weighted by Crippen LogP contribution is -2.33. The third kappa shape index (κ3) is 4.05. The lowest BCUT2D eigenvalue weighted by atomic mass is 10.2. The van der Waals surface area contributed by atoms with Crippen LogP contribution >= 0.6 is 0 Å². The molecule has 1 aromatic heterocycles. The number of benzene rings is 1. The maximum absolute atomic E-state index is 11.7. The van der Waals surface area contributed by atoms with Crippen LogP contribution in [0.25, 0.3) is 10.9 Å². The van der Waals surface area contributed by atoms with Gasteiger partial charge in [0.15, 0.2) is 0 Å². The fourth-order valence-electron chi connectivity index (χ4n) is 1.96. The molecule has 1 heterocycles. The summed E-state index contributed by atoms with van der Waals surface area (Å²) in [6, 6.07) is 5.69. The minimum absolute atomic E-state index is 0.0368. The van der Waals surface area contributed by atoms with Gasteiger partial charge in [-0.15, -0.1) is 0 Å². The Morgan fingerprint density at radius 2 is 2.19 bits per heavy atom. The van der Waals surface area contributed by atoms with Gasteiger partial charge in [-0.3, -0.25) is 4.79 Å². The lowest BCUT2D eigenvalue weighted by Gasteiger charge is -2.12. The van der Waals surface area contributed by atoms with Gasteiger partial charge in [-0.05, 0) is 31.5 Å². The molecule has 21 heavy (non-hydrogen) atoms. The number of aromatic nitrogens is 2. The Morgan fingerprint density at radius 3 is 2.95 bits per heavy atom. The van der Waals surface area contributed by atoms with Crippen LogP contribution in [-0.4, -0.2) is 28.5 Å². The molecule has 1 atom stereocenters. The van der Waals surface area contributed by atoms with Gasteiger partial charge in [0.2, 0.25) is 5.91 Å². The second-order valence-corrected chi connectivity index (χ2v) is 5.05. The molecule has 2 aromatic rings. The average molecular weight is 287 g/mol. The first kappa shape index (κ1) is 15.0. The van der Waals surface area contributed by atoms with Crippen LogP contribution in [-0.2, 0) is 4.79 Å². The molecule has 0 fully saturated rings. The maximum Gasteiger partial charge on any atom is 0.221 e. The van der Waals surface area contributed by atoms with Crippen molar-refractivity contribution in [2.24, 2.45) is 0 Å². The fraction of sp³-hybridized carbons (Fsp3) is 0.400. The highest BCUT2D eigenvalue weighted by Gasteiger charge is 2.07. The number of nitrogen functional groups attached to an aromatic ring is 1. The maximum atomic E-state index is 11.7. The van der Waals surface area contributed by atoms with Crippen LogP contribution in [0.5, 0.6) is 0 Å². The minimum atomic E-state index is 0.0368. The monoisotopic (exact) mass is 287 g/mol. The molecule has 0 aliphatic heterocycles. The van der Waals surface area contributed by atoms with Gasteiger partial charge in [-0.25, -0.2) is 9.97 Å². The molecule has 0 radical (unpaired) electrons. The molecule has 2 rings (SSSR count). The molecule has 4 N–H and O–H groups in total. The summed E-state index contributed by atoms with van der Waals surface area (Å²) in [5.74, 6) is 0.735. The number of nitrogens with zero attached hydrogens (tertiary/aromatic N) is 2. The van der Waals surface area contributed by atoms with E-state index in [4.69, 9.17) is 5.73 Å². The first-order valence-corrected chi connectivity index (χ1v) is 7.13. The molecule has 6 nitrogen and oxygen atoms in total. The summed E-state index contributed by atoms with van der Waals surface area (Å²) in [6.07, 6.45) is 2.83. The first-order valence-electron chi connectivity index (χ1n) is 7.13. The summed E-state index contributed by atoms with van der Waals surface area (Å²) < 4.78 is 0. The number of nitrogens with two attached hydrogens (primary N) is 1. The number of anilines is 2. The minimum Gasteiger partial charge on any atom is -0.399 e. The molecular formula is C15H21N5O. The molecule has 0 bridgehead atoms. The molecule has 1 amide bonds. The third-order valence-electron chi connectivity index (χ3n) is 3.32. The van der Waals surface area contributed by atoms with E-state index in [1.807, 2.05) is 26.0 Å². The lowest BCUT2D eigenvalue weighted by molar-refractivity contribution is -0.121. The van der Waals surface area contributed by atoms with Crippen LogP contribution < -0.4 is 16.4 Å². The predicted octanol–water partition coefficient (Wildman–Crippen LogP) is 1.93. The molecule has 0 aliphatic rings. The number of hydrogen-bond donors (Lipinski definition) is 3. The summed E-state index contributed by atoms with van der Waals surface area (Å²) in [5.41, 5.74) is 7.28. The summed E-state index contributed by atoms with van der Waals surface area (Å²) >= 11 is 0. The molecule has 0 aliphatic carbocycles. The topological polar surface area (TPSA) is 92.9 Å². The Bertz CT molecular complexity index is 628. The van der Waals surface area contributed by atoms with E-state index in [0.29, 0.717) is 24.5 Å². The van der Waals surface area contributed by atoms with Crippen LogP contribution in [0.4, 0.5) is 11.5 Å². The molecule has 0 saturated heterocycles. The van der Waals surface area contributed by atoms with Crippen molar-refractivity contribution in [3.8, 4) is 0 Å². The van der Waals surface area contributed by atoms with E-state index in [1.54, 1.807) is 6.07 Å². The Morgan fingerprint density at radius 1 is 1.38 bits per heavy atom. The largest absolute Gasteiger partial charge is 0.399 e. The van der Waals surface area contributed by atoms with Crippen LogP contribution in [0.2, 0.25) is 0 Å². The van der Waals surface area contributed by atoms with Crippen molar-refractivity contribution in [3.05, 3.63) is 24.5 Å². The van der Waals surface area contributed by atoms with Gasteiger partial charge in [0.25, 0.3) is 0 Å². The van der Waals surface area contributed by atoms with E-state index in [0.717, 1.165) is 17.3 Å². The van der Waals surface area contributed by atoms with Gasteiger partial charge in [0.05, 0.1) is 5.52 Å². The average Bonchev–Trinajstić information content (AvgIpc) is 2.47. The molecule has 6 heteroatoms. The van der Waals surface area contributed by atoms with Crippen LogP contribution in [0.1, 0.15) is 26.7 Å². The zero-order valence-electron chi connectivity index (χ0n) is 12.4. The summed E-state index contributed by atoms with van der Waals surface area (Å²) in [7, 11) is 0. The third-order valence-corrected chi connectivity index (χ3v) is 3.32. The van der Waals surface area contributed by atoms with E-state index < -0.39 is 0 Å². The highest BCUT2D eigenvalue weighted by atomic mass is 16.1. The van der Waals surface area contributed by atoms with Gasteiger partial charge < -0.3 is 16.4 Å². The number of amides is 1. The van der Waals surface area contributed by atoms with E-state index >= 15 is 0 Å². The molecule has 1 aromatic carbocycles. The second kappa shape index (κ2) is 6.88. The highest BCUT2D eigenvalue weighted by Crippen LogP contribution is 2.21. The molecule has 0 saturated carbocycles. The first-order chi connectivity index (χ1) is 10.1. The van der Waals surface area contributed by atoms with Crippen LogP contribution in [0.15, 0.2) is 24.5 Å². The second-order valence-electron chi connectivity index (χ2n) is 5.05.